The van der Waals surface area contributed by atoms with Crippen molar-refractivity contribution in [3.63, 3.8) is 0 Å². The van der Waals surface area contributed by atoms with Crippen molar-refractivity contribution in [1.29, 1.82) is 0 Å². The van der Waals surface area contributed by atoms with Gasteiger partial charge in [0.2, 0.25) is 10.0 Å². The molecule has 0 aliphatic heterocycles. The van der Waals surface area contributed by atoms with E-state index in [1.54, 1.807) is 7.05 Å². The molecule has 0 bridgehead atoms. The maximum Gasteiger partial charge on any atom is 0.305 e. The molecule has 1 aromatic heterocycles. The smallest absolute Gasteiger partial charge is 0.305 e. The van der Waals surface area contributed by atoms with E-state index in [0.717, 1.165) is 0 Å². The molecule has 96 valence electrons. The fraction of sp³-hybridized carbons (Fsp3) is 0.556. The van der Waals surface area contributed by atoms with Gasteiger partial charge in [0.1, 0.15) is 4.90 Å². The van der Waals surface area contributed by atoms with Gasteiger partial charge in [-0.2, -0.15) is 5.10 Å². The SMILES string of the molecule is Cn1cc(S(=O)(=O)NC(C)(C)CC(=O)O)cn1. The Balaban J connectivity index is 2.90. The molecule has 0 fully saturated rings. The predicted molar refractivity (Wildman–Crippen MR) is 59.9 cm³/mol. The monoisotopic (exact) mass is 261 g/mol. The van der Waals surface area contributed by atoms with Gasteiger partial charge in [0.25, 0.3) is 0 Å². The summed E-state index contributed by atoms with van der Waals surface area (Å²) in [6, 6.07) is 0. The van der Waals surface area contributed by atoms with Gasteiger partial charge in [-0.25, -0.2) is 13.1 Å². The Bertz CT molecular complexity index is 518. The van der Waals surface area contributed by atoms with Crippen LogP contribution in [0.1, 0.15) is 20.3 Å². The van der Waals surface area contributed by atoms with Gasteiger partial charge >= 0.3 is 5.97 Å². The number of aliphatic carboxylic acids is 1. The highest BCUT2D eigenvalue weighted by atomic mass is 32.2. The van der Waals surface area contributed by atoms with E-state index >= 15 is 0 Å². The molecule has 0 radical (unpaired) electrons. The number of rotatable bonds is 5. The summed E-state index contributed by atoms with van der Waals surface area (Å²) in [7, 11) is -2.14. The van der Waals surface area contributed by atoms with Gasteiger partial charge in [0.15, 0.2) is 0 Å². The fourth-order valence-electron chi connectivity index (χ4n) is 1.37. The zero-order valence-corrected chi connectivity index (χ0v) is 10.7. The lowest BCUT2D eigenvalue weighted by Crippen LogP contribution is -2.44. The number of hydrogen-bond donors (Lipinski definition) is 2. The van der Waals surface area contributed by atoms with Crippen LogP contribution in [-0.4, -0.2) is 34.8 Å². The van der Waals surface area contributed by atoms with Gasteiger partial charge in [-0.1, -0.05) is 0 Å². The fourth-order valence-corrected chi connectivity index (χ4v) is 2.77. The summed E-state index contributed by atoms with van der Waals surface area (Å²) in [5.74, 6) is -1.07. The summed E-state index contributed by atoms with van der Waals surface area (Å²) in [5.41, 5.74) is -1.06. The topological polar surface area (TPSA) is 101 Å². The molecule has 0 unspecified atom stereocenters. The largest absolute Gasteiger partial charge is 0.481 e. The van der Waals surface area contributed by atoms with Gasteiger partial charge in [-0.3, -0.25) is 9.48 Å². The molecule has 2 N–H and O–H groups in total. The highest BCUT2D eigenvalue weighted by Crippen LogP contribution is 2.14. The quantitative estimate of drug-likeness (QED) is 0.774. The number of nitrogens with one attached hydrogen (secondary N) is 1. The van der Waals surface area contributed by atoms with Crippen molar-refractivity contribution in [3.05, 3.63) is 12.4 Å². The molecule has 1 rings (SSSR count). The first-order chi connectivity index (χ1) is 7.62. The van der Waals surface area contributed by atoms with Gasteiger partial charge in [0.05, 0.1) is 12.6 Å². The van der Waals surface area contributed by atoms with Gasteiger partial charge < -0.3 is 5.11 Å². The van der Waals surface area contributed by atoms with Gasteiger partial charge in [-0.05, 0) is 13.8 Å². The Morgan fingerprint density at radius 3 is 2.59 bits per heavy atom. The third-order valence-corrected chi connectivity index (χ3v) is 3.65. The number of sulfonamides is 1. The molecule has 17 heavy (non-hydrogen) atoms. The predicted octanol–water partition coefficient (Wildman–Crippen LogP) is -0.0483. The zero-order valence-electron chi connectivity index (χ0n) is 9.84. The van der Waals surface area contributed by atoms with Crippen LogP contribution in [-0.2, 0) is 21.9 Å². The molecule has 0 saturated carbocycles. The van der Waals surface area contributed by atoms with Crippen molar-refractivity contribution in [2.75, 3.05) is 0 Å². The molecule has 0 aromatic carbocycles. The molecule has 1 aromatic rings. The van der Waals surface area contributed by atoms with Crippen molar-refractivity contribution in [1.82, 2.24) is 14.5 Å². The highest BCUT2D eigenvalue weighted by molar-refractivity contribution is 7.89. The number of nitrogens with zero attached hydrogens (tertiary/aromatic N) is 2. The Kier molecular flexibility index (Phi) is 3.58. The van der Waals surface area contributed by atoms with Crippen LogP contribution in [0.3, 0.4) is 0 Å². The summed E-state index contributed by atoms with van der Waals surface area (Å²) >= 11 is 0. The highest BCUT2D eigenvalue weighted by Gasteiger charge is 2.29. The average Bonchev–Trinajstić information content (AvgIpc) is 2.46. The summed E-state index contributed by atoms with van der Waals surface area (Å²) in [4.78, 5) is 10.6. The minimum absolute atomic E-state index is 0.0125. The molecule has 1 heterocycles. The molecule has 0 aliphatic carbocycles. The standard InChI is InChI=1S/C9H15N3O4S/c1-9(2,4-8(13)14)11-17(15,16)7-5-10-12(3)6-7/h5-6,11H,4H2,1-3H3,(H,13,14). The Labute approximate surface area is 99.5 Å². The zero-order chi connectivity index (χ0) is 13.3. The lowest BCUT2D eigenvalue weighted by atomic mass is 10.0. The number of carbonyl (C=O) groups is 1. The van der Waals surface area contributed by atoms with Crippen molar-refractivity contribution in [2.24, 2.45) is 7.05 Å². The van der Waals surface area contributed by atoms with E-state index < -0.39 is 21.5 Å². The van der Waals surface area contributed by atoms with E-state index in [-0.39, 0.29) is 11.3 Å². The minimum atomic E-state index is -3.74. The maximum atomic E-state index is 11.9. The molecule has 8 heteroatoms. The van der Waals surface area contributed by atoms with E-state index in [1.165, 1.54) is 30.9 Å². The number of carboxylic acid groups (broad SMARTS) is 1. The molecule has 0 spiro atoms. The summed E-state index contributed by atoms with van der Waals surface area (Å²) in [5, 5.41) is 12.4. The van der Waals surface area contributed by atoms with Crippen molar-refractivity contribution >= 4 is 16.0 Å². The summed E-state index contributed by atoms with van der Waals surface area (Å²) < 4.78 is 27.5. The molecule has 0 atom stereocenters. The second kappa shape index (κ2) is 4.46. The van der Waals surface area contributed by atoms with Crippen LogP contribution in [0.4, 0.5) is 0 Å². The maximum absolute atomic E-state index is 11.9. The second-order valence-electron chi connectivity index (χ2n) is 4.41. The normalized spacial score (nSPS) is 12.6. The second-order valence-corrected chi connectivity index (χ2v) is 6.09. The average molecular weight is 261 g/mol. The van der Waals surface area contributed by atoms with E-state index in [9.17, 15) is 13.2 Å². The van der Waals surface area contributed by atoms with Gasteiger partial charge in [-0.15, -0.1) is 0 Å². The minimum Gasteiger partial charge on any atom is -0.481 e. The molecule has 0 amide bonds. The van der Waals surface area contributed by atoms with E-state index in [4.69, 9.17) is 5.11 Å². The van der Waals surface area contributed by atoms with Crippen molar-refractivity contribution < 1.29 is 18.3 Å². The van der Waals surface area contributed by atoms with E-state index in [0.29, 0.717) is 0 Å². The van der Waals surface area contributed by atoms with Crippen LogP contribution in [0.25, 0.3) is 0 Å². The first-order valence-electron chi connectivity index (χ1n) is 4.87. The molecule has 0 saturated heterocycles. The van der Waals surface area contributed by atoms with Crippen molar-refractivity contribution in [2.45, 2.75) is 30.7 Å². The lowest BCUT2D eigenvalue weighted by Gasteiger charge is -2.23. The Morgan fingerprint density at radius 1 is 1.59 bits per heavy atom. The number of carboxylic acids is 1. The van der Waals surface area contributed by atoms with Crippen molar-refractivity contribution in [3.8, 4) is 0 Å². The first-order valence-corrected chi connectivity index (χ1v) is 6.35. The van der Waals surface area contributed by atoms with Gasteiger partial charge in [0, 0.05) is 18.8 Å². The lowest BCUT2D eigenvalue weighted by molar-refractivity contribution is -0.138. The first kappa shape index (κ1) is 13.7. The summed E-state index contributed by atoms with van der Waals surface area (Å²) in [6.07, 6.45) is 2.25. The Morgan fingerprint density at radius 2 is 2.18 bits per heavy atom. The van der Waals surface area contributed by atoms with Crippen LogP contribution in [0.2, 0.25) is 0 Å². The number of aromatic nitrogens is 2. The van der Waals surface area contributed by atoms with Crippen LogP contribution >= 0.6 is 0 Å². The van der Waals surface area contributed by atoms with Crippen LogP contribution in [0.15, 0.2) is 17.3 Å². The molecular formula is C9H15N3O4S. The van der Waals surface area contributed by atoms with Crippen LogP contribution < -0.4 is 4.72 Å². The summed E-state index contributed by atoms with van der Waals surface area (Å²) in [6.45, 7) is 3.02. The number of hydrogen-bond acceptors (Lipinski definition) is 4. The van der Waals surface area contributed by atoms with Crippen LogP contribution in [0.5, 0.6) is 0 Å². The number of aryl methyl sites for hydroxylation is 1. The molecule has 0 aliphatic rings. The Hall–Kier alpha value is -1.41. The molecule has 7 nitrogen and oxygen atoms in total. The third-order valence-electron chi connectivity index (χ3n) is 2.00. The molecular weight excluding hydrogens is 246 g/mol. The van der Waals surface area contributed by atoms with E-state index in [2.05, 4.69) is 9.82 Å². The van der Waals surface area contributed by atoms with Crippen LogP contribution in [0, 0.1) is 0 Å². The van der Waals surface area contributed by atoms with E-state index in [1.807, 2.05) is 0 Å². The third kappa shape index (κ3) is 3.82.